The number of hydrogen-bond donors (Lipinski definition) is 0. The van der Waals surface area contributed by atoms with Crippen LogP contribution in [0.4, 0.5) is 0 Å². The average molecular weight is 214 g/mol. The van der Waals surface area contributed by atoms with Gasteiger partial charge in [0.2, 0.25) is 0 Å². The van der Waals surface area contributed by atoms with Crippen LogP contribution in [0.25, 0.3) is 0 Å². The lowest BCUT2D eigenvalue weighted by atomic mass is 10.2. The van der Waals surface area contributed by atoms with Crippen LogP contribution in [0.15, 0.2) is 18.2 Å². The van der Waals surface area contributed by atoms with E-state index in [1.165, 1.54) is 0 Å². The van der Waals surface area contributed by atoms with Gasteiger partial charge in [-0.2, -0.15) is 5.26 Å². The normalized spacial score (nSPS) is 10.9. The minimum absolute atomic E-state index is 0.442. The Morgan fingerprint density at radius 2 is 2.08 bits per heavy atom. The van der Waals surface area contributed by atoms with Crippen molar-refractivity contribution in [2.75, 3.05) is 13.3 Å². The number of nitrogens with zero attached hydrogens (tertiary/aromatic N) is 1. The zero-order chi connectivity index (χ0) is 10.1. The maximum Gasteiger partial charge on any atom is 0.111 e. The lowest BCUT2D eigenvalue weighted by molar-refractivity contribution is 0.588. The van der Waals surface area contributed by atoms with Crippen LogP contribution in [-0.4, -0.2) is 13.3 Å². The molecule has 0 aliphatic rings. The largest absolute Gasteiger partial charge is 0.319 e. The molecule has 0 fully saturated rings. The fraction of sp³-hybridized carbons (Fsp3) is 0.222. The number of halogens is 1. The molecular weight excluding hydrogens is 205 g/mol. The first-order valence-corrected chi connectivity index (χ1v) is 6.68. The summed E-state index contributed by atoms with van der Waals surface area (Å²) in [6.45, 7) is 3.25. The average Bonchev–Trinajstić information content (AvgIpc) is 2.03. The van der Waals surface area contributed by atoms with Crippen LogP contribution < -0.4 is 5.30 Å². The Balaban J connectivity index is 3.44. The summed E-state index contributed by atoms with van der Waals surface area (Å²) < 4.78 is 11.7. The molecule has 0 radical (unpaired) electrons. The number of nitriles is 1. The first-order chi connectivity index (χ1) is 5.95. The monoisotopic (exact) mass is 213 g/mol. The third kappa shape index (κ3) is 2.34. The first-order valence-electron chi connectivity index (χ1n) is 3.70. The van der Waals surface area contributed by atoms with Gasteiger partial charge in [-0.3, -0.25) is 0 Å². The molecule has 0 aliphatic carbocycles. The van der Waals surface area contributed by atoms with Crippen molar-refractivity contribution >= 4 is 24.0 Å². The van der Waals surface area contributed by atoms with E-state index < -0.39 is 7.14 Å². The molecule has 1 aromatic carbocycles. The van der Waals surface area contributed by atoms with Gasteiger partial charge in [0.25, 0.3) is 0 Å². The topological polar surface area (TPSA) is 40.9 Å². The van der Waals surface area contributed by atoms with Gasteiger partial charge in [-0.05, 0) is 31.5 Å². The third-order valence-electron chi connectivity index (χ3n) is 1.66. The van der Waals surface area contributed by atoms with Gasteiger partial charge in [0.1, 0.15) is 7.14 Å². The molecule has 13 heavy (non-hydrogen) atoms. The van der Waals surface area contributed by atoms with Crippen molar-refractivity contribution in [1.29, 1.82) is 5.26 Å². The standard InChI is InChI=1S/C9H9ClNOP/c1-13(2,12)9-5-8(10)4-3-7(9)6-11/h3-5H,1-2H3. The summed E-state index contributed by atoms with van der Waals surface area (Å²) in [4.78, 5) is 0. The Hall–Kier alpha value is -0.770. The highest BCUT2D eigenvalue weighted by molar-refractivity contribution is 7.70. The summed E-state index contributed by atoms with van der Waals surface area (Å²) in [5.41, 5.74) is 0.442. The lowest BCUT2D eigenvalue weighted by Crippen LogP contribution is -2.07. The van der Waals surface area contributed by atoms with Crippen LogP contribution in [0.1, 0.15) is 5.56 Å². The van der Waals surface area contributed by atoms with Crippen molar-refractivity contribution < 1.29 is 4.57 Å². The predicted molar refractivity (Wildman–Crippen MR) is 55.3 cm³/mol. The van der Waals surface area contributed by atoms with Crippen molar-refractivity contribution in [3.05, 3.63) is 28.8 Å². The molecule has 0 heterocycles. The van der Waals surface area contributed by atoms with E-state index in [1.54, 1.807) is 31.5 Å². The summed E-state index contributed by atoms with van der Waals surface area (Å²) in [5, 5.41) is 9.83. The van der Waals surface area contributed by atoms with Crippen LogP contribution in [0.5, 0.6) is 0 Å². The van der Waals surface area contributed by atoms with Crippen molar-refractivity contribution in [1.82, 2.24) is 0 Å². The van der Waals surface area contributed by atoms with Crippen molar-refractivity contribution in [2.24, 2.45) is 0 Å². The molecule has 4 heteroatoms. The van der Waals surface area contributed by atoms with E-state index in [0.29, 0.717) is 15.9 Å². The number of benzene rings is 1. The molecule has 0 saturated carbocycles. The van der Waals surface area contributed by atoms with Crippen LogP contribution in [0.3, 0.4) is 0 Å². The maximum atomic E-state index is 11.7. The molecule has 0 saturated heterocycles. The van der Waals surface area contributed by atoms with E-state index in [-0.39, 0.29) is 0 Å². The second kappa shape index (κ2) is 3.54. The second-order valence-corrected chi connectivity index (χ2v) is 6.74. The molecule has 0 spiro atoms. The number of hydrogen-bond acceptors (Lipinski definition) is 2. The smallest absolute Gasteiger partial charge is 0.111 e. The Labute approximate surface area is 82.5 Å². The maximum absolute atomic E-state index is 11.7. The Bertz CT molecular complexity index is 416. The molecule has 0 aliphatic heterocycles. The van der Waals surface area contributed by atoms with Crippen LogP contribution in [0.2, 0.25) is 5.02 Å². The highest BCUT2D eigenvalue weighted by Crippen LogP contribution is 2.36. The molecule has 1 aromatic rings. The quantitative estimate of drug-likeness (QED) is 0.673. The first kappa shape index (κ1) is 10.3. The van der Waals surface area contributed by atoms with Gasteiger partial charge in [-0.25, -0.2) is 0 Å². The summed E-state index contributed by atoms with van der Waals surface area (Å²) >= 11 is 5.75. The van der Waals surface area contributed by atoms with Gasteiger partial charge in [0.15, 0.2) is 0 Å². The molecule has 0 amide bonds. The lowest BCUT2D eigenvalue weighted by Gasteiger charge is -2.08. The van der Waals surface area contributed by atoms with Gasteiger partial charge in [0, 0.05) is 10.3 Å². The van der Waals surface area contributed by atoms with E-state index in [0.717, 1.165) is 0 Å². The van der Waals surface area contributed by atoms with Crippen LogP contribution in [-0.2, 0) is 4.57 Å². The summed E-state index contributed by atoms with van der Waals surface area (Å²) in [6.07, 6.45) is 0. The van der Waals surface area contributed by atoms with Gasteiger partial charge >= 0.3 is 0 Å². The van der Waals surface area contributed by atoms with Gasteiger partial charge in [-0.1, -0.05) is 11.6 Å². The van der Waals surface area contributed by atoms with Crippen molar-refractivity contribution in [3.8, 4) is 6.07 Å². The fourth-order valence-corrected chi connectivity index (χ4v) is 2.45. The van der Waals surface area contributed by atoms with Gasteiger partial charge in [-0.15, -0.1) is 0 Å². The SMILES string of the molecule is CP(C)(=O)c1cc(Cl)ccc1C#N. The van der Waals surface area contributed by atoms with E-state index in [1.807, 2.05) is 6.07 Å². The zero-order valence-corrected chi connectivity index (χ0v) is 9.06. The molecule has 0 unspecified atom stereocenters. The Kier molecular flexibility index (Phi) is 2.81. The Morgan fingerprint density at radius 1 is 1.46 bits per heavy atom. The van der Waals surface area contributed by atoms with E-state index in [9.17, 15) is 4.57 Å². The van der Waals surface area contributed by atoms with Gasteiger partial charge < -0.3 is 4.57 Å². The van der Waals surface area contributed by atoms with Crippen LogP contribution >= 0.6 is 18.7 Å². The molecule has 68 valence electrons. The summed E-state index contributed by atoms with van der Waals surface area (Å²) in [5.74, 6) is 0. The Morgan fingerprint density at radius 3 is 2.54 bits per heavy atom. The van der Waals surface area contributed by atoms with E-state index >= 15 is 0 Å². The summed E-state index contributed by atoms with van der Waals surface area (Å²) in [7, 11) is -2.41. The minimum Gasteiger partial charge on any atom is -0.319 e. The highest BCUT2D eigenvalue weighted by atomic mass is 35.5. The molecular formula is C9H9ClNOP. The molecule has 1 rings (SSSR count). The van der Waals surface area contributed by atoms with E-state index in [4.69, 9.17) is 16.9 Å². The minimum atomic E-state index is -2.41. The molecule has 0 aromatic heterocycles. The van der Waals surface area contributed by atoms with Crippen LogP contribution in [0, 0.1) is 11.3 Å². The molecule has 0 N–H and O–H groups in total. The molecule has 2 nitrogen and oxygen atoms in total. The summed E-state index contributed by atoms with van der Waals surface area (Å²) in [6, 6.07) is 6.82. The van der Waals surface area contributed by atoms with Crippen molar-refractivity contribution in [2.45, 2.75) is 0 Å². The fourth-order valence-electron chi connectivity index (χ4n) is 1.04. The second-order valence-electron chi connectivity index (χ2n) is 3.12. The number of rotatable bonds is 1. The highest BCUT2D eigenvalue weighted by Gasteiger charge is 2.15. The van der Waals surface area contributed by atoms with E-state index in [2.05, 4.69) is 0 Å². The molecule has 0 bridgehead atoms. The van der Waals surface area contributed by atoms with Crippen molar-refractivity contribution in [3.63, 3.8) is 0 Å². The zero-order valence-electron chi connectivity index (χ0n) is 7.41. The molecule has 0 atom stereocenters. The predicted octanol–water partition coefficient (Wildman–Crippen LogP) is 2.46. The van der Waals surface area contributed by atoms with Gasteiger partial charge in [0.05, 0.1) is 11.6 Å². The third-order valence-corrected chi connectivity index (χ3v) is 3.43.